The summed E-state index contributed by atoms with van der Waals surface area (Å²) in [5.74, 6) is -4.31. The van der Waals surface area contributed by atoms with Crippen LogP contribution in [0.15, 0.2) is 12.7 Å². The Morgan fingerprint density at radius 1 is 1.12 bits per heavy atom. The number of methoxy groups -OCH3 is 1. The van der Waals surface area contributed by atoms with Gasteiger partial charge < -0.3 is 4.74 Å². The molecule has 0 heterocycles. The molecule has 1 saturated carbocycles. The standard InChI is InChI=1S/C21H32O5/c1-5-6-7-8-9-10-11-12-13-15(22)17-16(23)14-21(2,3)18(19(17)24)20(25)26-4/h5,17-18H,1,6-14H2,2-4H3. The molecule has 2 unspecified atom stereocenters. The lowest BCUT2D eigenvalue weighted by molar-refractivity contribution is -0.161. The van der Waals surface area contributed by atoms with E-state index in [1.165, 1.54) is 7.11 Å². The van der Waals surface area contributed by atoms with Crippen LogP contribution in [0, 0.1) is 17.3 Å². The fourth-order valence-corrected chi connectivity index (χ4v) is 3.69. The summed E-state index contributed by atoms with van der Waals surface area (Å²) in [4.78, 5) is 49.5. The van der Waals surface area contributed by atoms with Crippen LogP contribution in [0.2, 0.25) is 0 Å². The first-order valence-electron chi connectivity index (χ1n) is 9.54. The molecule has 1 rings (SSSR count). The average molecular weight is 364 g/mol. The lowest BCUT2D eigenvalue weighted by Crippen LogP contribution is -2.51. The largest absolute Gasteiger partial charge is 0.468 e. The van der Waals surface area contributed by atoms with Crippen LogP contribution in [0.1, 0.15) is 71.6 Å². The van der Waals surface area contributed by atoms with Crippen molar-refractivity contribution < 1.29 is 23.9 Å². The third kappa shape index (κ3) is 5.89. The molecule has 0 bridgehead atoms. The highest BCUT2D eigenvalue weighted by molar-refractivity contribution is 6.25. The molecule has 0 radical (unpaired) electrons. The van der Waals surface area contributed by atoms with Crippen molar-refractivity contribution in [3.63, 3.8) is 0 Å². The Morgan fingerprint density at radius 3 is 2.27 bits per heavy atom. The highest BCUT2D eigenvalue weighted by atomic mass is 16.5. The zero-order valence-electron chi connectivity index (χ0n) is 16.3. The Bertz CT molecular complexity index is 547. The molecule has 1 aliphatic carbocycles. The fraction of sp³-hybridized carbons (Fsp3) is 0.714. The normalized spacial score (nSPS) is 22.1. The molecule has 146 valence electrons. The van der Waals surface area contributed by atoms with Gasteiger partial charge >= 0.3 is 5.97 Å². The van der Waals surface area contributed by atoms with Crippen LogP contribution in [0.3, 0.4) is 0 Å². The molecule has 0 amide bonds. The number of carbonyl (C=O) groups is 4. The third-order valence-electron chi connectivity index (χ3n) is 5.14. The van der Waals surface area contributed by atoms with Crippen molar-refractivity contribution in [3.05, 3.63) is 12.7 Å². The minimum atomic E-state index is -1.29. The van der Waals surface area contributed by atoms with Gasteiger partial charge in [-0.15, -0.1) is 6.58 Å². The molecule has 5 nitrogen and oxygen atoms in total. The van der Waals surface area contributed by atoms with Crippen molar-refractivity contribution in [2.45, 2.75) is 71.6 Å². The Labute approximate surface area is 156 Å². The predicted molar refractivity (Wildman–Crippen MR) is 99.5 cm³/mol. The lowest BCUT2D eigenvalue weighted by atomic mass is 9.63. The first-order chi connectivity index (χ1) is 12.3. The van der Waals surface area contributed by atoms with E-state index in [9.17, 15) is 19.2 Å². The van der Waals surface area contributed by atoms with Gasteiger partial charge in [-0.25, -0.2) is 0 Å². The highest BCUT2D eigenvalue weighted by Crippen LogP contribution is 2.40. The number of ether oxygens (including phenoxy) is 1. The molecule has 1 fully saturated rings. The van der Waals surface area contributed by atoms with E-state index in [4.69, 9.17) is 4.74 Å². The number of unbranched alkanes of at least 4 members (excludes halogenated alkanes) is 6. The van der Waals surface area contributed by atoms with Gasteiger partial charge in [-0.05, 0) is 24.7 Å². The number of ketones is 3. The Balaban J connectivity index is 2.54. The average Bonchev–Trinajstić information content (AvgIpc) is 2.55. The van der Waals surface area contributed by atoms with Crippen LogP contribution in [0.4, 0.5) is 0 Å². The monoisotopic (exact) mass is 364 g/mol. The second-order valence-electron chi connectivity index (χ2n) is 7.84. The Morgan fingerprint density at radius 2 is 1.69 bits per heavy atom. The summed E-state index contributed by atoms with van der Waals surface area (Å²) in [7, 11) is 1.22. The van der Waals surface area contributed by atoms with E-state index in [1.807, 2.05) is 6.08 Å². The summed E-state index contributed by atoms with van der Waals surface area (Å²) >= 11 is 0. The first kappa shape index (κ1) is 22.3. The summed E-state index contributed by atoms with van der Waals surface area (Å²) < 4.78 is 4.72. The van der Waals surface area contributed by atoms with E-state index in [0.717, 1.165) is 38.5 Å². The molecular formula is C21H32O5. The van der Waals surface area contributed by atoms with Crippen LogP contribution in [0.25, 0.3) is 0 Å². The van der Waals surface area contributed by atoms with Crippen LogP contribution in [-0.4, -0.2) is 30.4 Å². The Kier molecular flexibility index (Phi) is 8.89. The predicted octanol–water partition coefficient (Wildman–Crippen LogP) is 3.84. The van der Waals surface area contributed by atoms with E-state index in [0.29, 0.717) is 6.42 Å². The molecule has 5 heteroatoms. The number of esters is 1. The maximum Gasteiger partial charge on any atom is 0.316 e. The van der Waals surface area contributed by atoms with Crippen molar-refractivity contribution >= 4 is 23.3 Å². The van der Waals surface area contributed by atoms with Gasteiger partial charge in [0.25, 0.3) is 0 Å². The molecule has 0 spiro atoms. The van der Waals surface area contributed by atoms with E-state index >= 15 is 0 Å². The second kappa shape index (κ2) is 10.4. The summed E-state index contributed by atoms with van der Waals surface area (Å²) in [6.07, 6.45) is 9.21. The number of hydrogen-bond donors (Lipinski definition) is 0. The molecule has 0 N–H and O–H groups in total. The van der Waals surface area contributed by atoms with Gasteiger partial charge in [0.05, 0.1) is 7.11 Å². The number of rotatable bonds is 11. The second-order valence-corrected chi connectivity index (χ2v) is 7.84. The van der Waals surface area contributed by atoms with Gasteiger partial charge in [-0.2, -0.15) is 0 Å². The van der Waals surface area contributed by atoms with Gasteiger partial charge in [-0.1, -0.05) is 45.6 Å². The molecule has 0 aromatic heterocycles. The van der Waals surface area contributed by atoms with Crippen molar-refractivity contribution in [1.82, 2.24) is 0 Å². The molecular weight excluding hydrogens is 332 g/mol. The SMILES string of the molecule is C=CCCCCCCCCC(=O)C1C(=O)CC(C)(C)C(C(=O)OC)C1=O. The van der Waals surface area contributed by atoms with E-state index in [-0.39, 0.29) is 24.4 Å². The van der Waals surface area contributed by atoms with Crippen LogP contribution in [-0.2, 0) is 23.9 Å². The summed E-state index contributed by atoms with van der Waals surface area (Å²) in [6.45, 7) is 7.08. The van der Waals surface area contributed by atoms with Gasteiger partial charge in [-0.3, -0.25) is 19.2 Å². The zero-order valence-corrected chi connectivity index (χ0v) is 16.3. The van der Waals surface area contributed by atoms with Crippen molar-refractivity contribution in [2.75, 3.05) is 7.11 Å². The summed E-state index contributed by atoms with van der Waals surface area (Å²) in [6, 6.07) is 0. The van der Waals surface area contributed by atoms with Crippen LogP contribution in [0.5, 0.6) is 0 Å². The molecule has 0 saturated heterocycles. The third-order valence-corrected chi connectivity index (χ3v) is 5.14. The van der Waals surface area contributed by atoms with Gasteiger partial charge in [0.15, 0.2) is 17.3 Å². The molecule has 0 aromatic rings. The maximum atomic E-state index is 12.7. The fourth-order valence-electron chi connectivity index (χ4n) is 3.69. The number of Topliss-reactive ketones (excluding diaryl/α,β-unsaturated/α-hetero) is 3. The first-order valence-corrected chi connectivity index (χ1v) is 9.54. The van der Waals surface area contributed by atoms with Gasteiger partial charge in [0.2, 0.25) is 0 Å². The summed E-state index contributed by atoms with van der Waals surface area (Å²) in [5, 5.41) is 0. The molecule has 0 aliphatic heterocycles. The number of allylic oxidation sites excluding steroid dienone is 1. The number of hydrogen-bond acceptors (Lipinski definition) is 5. The van der Waals surface area contributed by atoms with Crippen LogP contribution < -0.4 is 0 Å². The van der Waals surface area contributed by atoms with Crippen molar-refractivity contribution in [3.8, 4) is 0 Å². The smallest absolute Gasteiger partial charge is 0.316 e. The zero-order chi connectivity index (χ0) is 19.7. The lowest BCUT2D eigenvalue weighted by Gasteiger charge is -2.37. The van der Waals surface area contributed by atoms with Crippen LogP contribution >= 0.6 is 0 Å². The van der Waals surface area contributed by atoms with E-state index in [2.05, 4.69) is 6.58 Å². The van der Waals surface area contributed by atoms with E-state index < -0.39 is 29.0 Å². The Hall–Kier alpha value is -1.78. The molecule has 26 heavy (non-hydrogen) atoms. The quantitative estimate of drug-likeness (QED) is 0.241. The highest BCUT2D eigenvalue weighted by Gasteiger charge is 2.53. The topological polar surface area (TPSA) is 77.5 Å². The minimum absolute atomic E-state index is 0.0399. The molecule has 2 atom stereocenters. The summed E-state index contributed by atoms with van der Waals surface area (Å²) in [5.41, 5.74) is -0.816. The maximum absolute atomic E-state index is 12.7. The van der Waals surface area contributed by atoms with Crippen molar-refractivity contribution in [1.29, 1.82) is 0 Å². The number of carbonyl (C=O) groups excluding carboxylic acids is 4. The molecule has 1 aliphatic rings. The van der Waals surface area contributed by atoms with Gasteiger partial charge in [0, 0.05) is 12.8 Å². The van der Waals surface area contributed by atoms with Crippen molar-refractivity contribution in [2.24, 2.45) is 17.3 Å². The van der Waals surface area contributed by atoms with Gasteiger partial charge in [0.1, 0.15) is 11.8 Å². The molecule has 0 aromatic carbocycles. The van der Waals surface area contributed by atoms with E-state index in [1.54, 1.807) is 13.8 Å². The minimum Gasteiger partial charge on any atom is -0.468 e.